The van der Waals surface area contributed by atoms with Crippen molar-refractivity contribution in [3.05, 3.63) is 59.2 Å². The lowest BCUT2D eigenvalue weighted by Gasteiger charge is -2.11. The summed E-state index contributed by atoms with van der Waals surface area (Å²) in [7, 11) is -3.72. The third-order valence-electron chi connectivity index (χ3n) is 5.37. The number of carbonyl (C=O) groups excluding carboxylic acids is 1. The summed E-state index contributed by atoms with van der Waals surface area (Å²) in [6, 6.07) is 12.1. The molecule has 2 aromatic rings. The van der Waals surface area contributed by atoms with Crippen LogP contribution in [0.2, 0.25) is 0 Å². The second-order valence-electron chi connectivity index (χ2n) is 7.98. The molecule has 0 bridgehead atoms. The van der Waals surface area contributed by atoms with Gasteiger partial charge in [-0.15, -0.1) is 0 Å². The molecule has 2 aromatic carbocycles. The highest BCUT2D eigenvalue weighted by Crippen LogP contribution is 2.40. The Balaban J connectivity index is 1.53. The van der Waals surface area contributed by atoms with Crippen molar-refractivity contribution in [3.63, 3.8) is 0 Å². The van der Waals surface area contributed by atoms with Crippen LogP contribution in [0.3, 0.4) is 0 Å². The fourth-order valence-corrected chi connectivity index (χ4v) is 4.98. The van der Waals surface area contributed by atoms with E-state index in [2.05, 4.69) is 10.0 Å². The number of carbonyl (C=O) groups is 1. The normalized spacial score (nSPS) is 16.2. The Kier molecular flexibility index (Phi) is 5.66. The predicted octanol–water partition coefficient (Wildman–Crippen LogP) is 4.23. The van der Waals surface area contributed by atoms with Crippen LogP contribution in [0.5, 0.6) is 5.75 Å². The molecule has 2 aliphatic rings. The summed E-state index contributed by atoms with van der Waals surface area (Å²) in [4.78, 5) is 12.6. The minimum Gasteiger partial charge on any atom is -0.491 e. The van der Waals surface area contributed by atoms with Crippen molar-refractivity contribution in [2.24, 2.45) is 0 Å². The van der Waals surface area contributed by atoms with Gasteiger partial charge in [0.2, 0.25) is 10.0 Å². The molecule has 0 aromatic heterocycles. The molecule has 0 saturated heterocycles. The fourth-order valence-electron chi connectivity index (χ4n) is 3.94. The number of ether oxygens (including phenoxy) is 1. The van der Waals surface area contributed by atoms with E-state index in [4.69, 9.17) is 4.74 Å². The number of benzene rings is 2. The number of allylic oxidation sites excluding steroid dienone is 1. The average molecular weight is 427 g/mol. The second-order valence-corrected chi connectivity index (χ2v) is 9.75. The fraction of sp³-hybridized carbons (Fsp3) is 0.348. The molecule has 0 atom stereocenters. The Morgan fingerprint density at radius 1 is 1.07 bits per heavy atom. The molecular formula is C23H26N2O4S. The van der Waals surface area contributed by atoms with Crippen LogP contribution in [0.25, 0.3) is 5.57 Å². The molecule has 2 N–H and O–H groups in total. The molecule has 0 radical (unpaired) electrons. The first-order valence-corrected chi connectivity index (χ1v) is 11.7. The van der Waals surface area contributed by atoms with Crippen LogP contribution in [-0.4, -0.2) is 20.4 Å². The van der Waals surface area contributed by atoms with Crippen LogP contribution in [-0.2, 0) is 21.4 Å². The summed E-state index contributed by atoms with van der Waals surface area (Å²) < 4.78 is 34.0. The number of nitrogens with one attached hydrogen (secondary N) is 2. The molecule has 158 valence electrons. The van der Waals surface area contributed by atoms with E-state index in [1.807, 2.05) is 38.1 Å². The zero-order chi connectivity index (χ0) is 21.3. The van der Waals surface area contributed by atoms with Crippen molar-refractivity contribution >= 4 is 27.2 Å². The Bertz CT molecular complexity index is 1090. The van der Waals surface area contributed by atoms with Gasteiger partial charge >= 0.3 is 0 Å². The lowest BCUT2D eigenvalue weighted by atomic mass is 10.00. The van der Waals surface area contributed by atoms with Crippen molar-refractivity contribution in [3.8, 4) is 5.75 Å². The van der Waals surface area contributed by atoms with Crippen molar-refractivity contribution in [2.75, 3.05) is 5.32 Å². The van der Waals surface area contributed by atoms with Crippen molar-refractivity contribution in [2.45, 2.75) is 57.1 Å². The molecule has 30 heavy (non-hydrogen) atoms. The quantitative estimate of drug-likeness (QED) is 0.677. The first-order chi connectivity index (χ1) is 14.3. The van der Waals surface area contributed by atoms with E-state index in [0.717, 1.165) is 42.6 Å². The van der Waals surface area contributed by atoms with Gasteiger partial charge in [-0.2, -0.15) is 0 Å². The molecule has 0 unspecified atom stereocenters. The number of hydrogen-bond donors (Lipinski definition) is 2. The number of hydrogen-bond acceptors (Lipinski definition) is 4. The van der Waals surface area contributed by atoms with Gasteiger partial charge in [-0.1, -0.05) is 17.7 Å². The van der Waals surface area contributed by atoms with Crippen molar-refractivity contribution in [1.82, 2.24) is 4.72 Å². The van der Waals surface area contributed by atoms with Crippen LogP contribution in [0, 0.1) is 0 Å². The van der Waals surface area contributed by atoms with Crippen LogP contribution >= 0.6 is 0 Å². The summed E-state index contributed by atoms with van der Waals surface area (Å²) in [5.41, 5.74) is 3.98. The van der Waals surface area contributed by atoms with Crippen molar-refractivity contribution < 1.29 is 17.9 Å². The summed E-state index contributed by atoms with van der Waals surface area (Å²) in [5, 5.41) is 2.86. The predicted molar refractivity (Wildman–Crippen MR) is 117 cm³/mol. The molecule has 0 spiro atoms. The molecule has 7 heteroatoms. The largest absolute Gasteiger partial charge is 0.491 e. The Morgan fingerprint density at radius 2 is 1.77 bits per heavy atom. The summed E-state index contributed by atoms with van der Waals surface area (Å²) in [6.07, 6.45) is 4.02. The topological polar surface area (TPSA) is 84.5 Å². The van der Waals surface area contributed by atoms with Gasteiger partial charge in [0.15, 0.2) is 0 Å². The lowest BCUT2D eigenvalue weighted by Crippen LogP contribution is -2.23. The van der Waals surface area contributed by atoms with Gasteiger partial charge in [0.05, 0.1) is 11.0 Å². The zero-order valence-corrected chi connectivity index (χ0v) is 18.0. The van der Waals surface area contributed by atoms with E-state index >= 15 is 0 Å². The Labute approximate surface area is 177 Å². The lowest BCUT2D eigenvalue weighted by molar-refractivity contribution is -0.110. The maximum Gasteiger partial charge on any atom is 0.256 e. The summed E-state index contributed by atoms with van der Waals surface area (Å²) in [5.74, 6) is 0.619. The number of fused-ring (bicyclic) bond motifs is 1. The molecule has 1 aliphatic carbocycles. The van der Waals surface area contributed by atoms with Crippen LogP contribution < -0.4 is 14.8 Å². The number of rotatable bonds is 6. The highest BCUT2D eigenvalue weighted by Gasteiger charge is 2.30. The van der Waals surface area contributed by atoms with Crippen LogP contribution in [0.15, 0.2) is 52.9 Å². The van der Waals surface area contributed by atoms with Gasteiger partial charge in [0, 0.05) is 23.4 Å². The summed E-state index contributed by atoms with van der Waals surface area (Å²) in [6.45, 7) is 4.08. The van der Waals surface area contributed by atoms with Gasteiger partial charge < -0.3 is 10.1 Å². The Hall–Kier alpha value is -2.64. The van der Waals surface area contributed by atoms with Gasteiger partial charge in [0.1, 0.15) is 5.75 Å². The first-order valence-electron chi connectivity index (χ1n) is 10.3. The minimum absolute atomic E-state index is 0.0830. The van der Waals surface area contributed by atoms with Crippen LogP contribution in [0.1, 0.15) is 50.7 Å². The molecule has 1 aliphatic heterocycles. The maximum absolute atomic E-state index is 12.9. The molecule has 1 amide bonds. The van der Waals surface area contributed by atoms with E-state index < -0.39 is 10.0 Å². The molecule has 1 saturated carbocycles. The molecule has 4 rings (SSSR count). The van der Waals surface area contributed by atoms with E-state index in [0.29, 0.717) is 16.8 Å². The number of sulfonamides is 1. The monoisotopic (exact) mass is 426 g/mol. The number of anilines is 1. The zero-order valence-electron chi connectivity index (χ0n) is 17.2. The number of amides is 1. The standard InChI is InChI=1S/C23H26N2O4S/c1-15(2)29-18-9-7-16(8-10-18)14-24-30(27,28)19-11-12-21-20(13-19)22(23(26)25-21)17-5-3-4-6-17/h7-13,15,24H,3-6,14H2,1-2H3,(H,25,26). The van der Waals surface area contributed by atoms with Crippen molar-refractivity contribution in [1.29, 1.82) is 0 Å². The highest BCUT2D eigenvalue weighted by atomic mass is 32.2. The maximum atomic E-state index is 12.9. The highest BCUT2D eigenvalue weighted by molar-refractivity contribution is 7.89. The molecule has 1 fully saturated rings. The van der Waals surface area contributed by atoms with E-state index in [1.165, 1.54) is 6.07 Å². The second kappa shape index (κ2) is 8.24. The molecule has 6 nitrogen and oxygen atoms in total. The van der Waals surface area contributed by atoms with Crippen LogP contribution in [0.4, 0.5) is 5.69 Å². The van der Waals surface area contributed by atoms with Gasteiger partial charge in [-0.25, -0.2) is 13.1 Å². The minimum atomic E-state index is -3.72. The SMILES string of the molecule is CC(C)Oc1ccc(CNS(=O)(=O)c2ccc3c(c2)C(=C2CCCC2)C(=O)N3)cc1. The van der Waals surface area contributed by atoms with E-state index in [9.17, 15) is 13.2 Å². The third-order valence-corrected chi connectivity index (χ3v) is 6.77. The van der Waals surface area contributed by atoms with E-state index in [1.54, 1.807) is 12.1 Å². The van der Waals surface area contributed by atoms with Gasteiger partial charge in [-0.3, -0.25) is 4.79 Å². The molecule has 1 heterocycles. The molecular weight excluding hydrogens is 400 g/mol. The smallest absolute Gasteiger partial charge is 0.256 e. The van der Waals surface area contributed by atoms with Gasteiger partial charge in [-0.05, 0) is 75.4 Å². The average Bonchev–Trinajstić information content (AvgIpc) is 3.33. The first kappa shape index (κ1) is 20.6. The van der Waals surface area contributed by atoms with E-state index in [-0.39, 0.29) is 23.5 Å². The summed E-state index contributed by atoms with van der Waals surface area (Å²) >= 11 is 0. The third kappa shape index (κ3) is 4.27. The Morgan fingerprint density at radius 3 is 2.43 bits per heavy atom. The van der Waals surface area contributed by atoms with Gasteiger partial charge in [0.25, 0.3) is 5.91 Å².